The molecule has 27 heavy (non-hydrogen) atoms. The molecule has 3 aromatic rings. The molecule has 1 heterocycles. The first-order chi connectivity index (χ1) is 13.0. The van der Waals surface area contributed by atoms with Crippen molar-refractivity contribution in [3.05, 3.63) is 71.9 Å². The van der Waals surface area contributed by atoms with Crippen molar-refractivity contribution < 1.29 is 23.9 Å². The molecule has 0 aliphatic rings. The molecule has 0 saturated carbocycles. The standard InChI is InChI=1S/C19H18N4O4/c1-13(11-14-5-3-2-4-6-14)23-12-17(27-22-23)21-19(26)20-16-9-7-15(8-10-16)18(24)25/h2-10,12-13H,11H2,1H3,(H2-,20,21,22,24,25,26)/p+1. The monoisotopic (exact) mass is 367 g/mol. The van der Waals surface area contributed by atoms with Gasteiger partial charge in [0.25, 0.3) is 6.20 Å². The zero-order chi connectivity index (χ0) is 19.2. The maximum absolute atomic E-state index is 12.0. The molecule has 1 atom stereocenters. The number of aromatic nitrogens is 2. The lowest BCUT2D eigenvalue weighted by atomic mass is 10.1. The third-order valence-electron chi connectivity index (χ3n) is 3.93. The van der Waals surface area contributed by atoms with Crippen molar-refractivity contribution >= 4 is 23.6 Å². The second-order valence-corrected chi connectivity index (χ2v) is 6.05. The average Bonchev–Trinajstić information content (AvgIpc) is 3.11. The number of nitrogens with one attached hydrogen (secondary N) is 2. The minimum Gasteiger partial charge on any atom is -0.478 e. The number of hydrogen-bond donors (Lipinski definition) is 3. The number of carbonyl (C=O) groups is 2. The van der Waals surface area contributed by atoms with Crippen molar-refractivity contribution in [3.8, 4) is 0 Å². The van der Waals surface area contributed by atoms with Gasteiger partial charge in [-0.25, -0.2) is 9.59 Å². The first-order valence-electron chi connectivity index (χ1n) is 8.34. The number of carboxylic acids is 1. The highest BCUT2D eigenvalue weighted by molar-refractivity contribution is 5.99. The molecule has 0 aliphatic carbocycles. The van der Waals surface area contributed by atoms with Crippen LogP contribution in [0, 0.1) is 0 Å². The highest BCUT2D eigenvalue weighted by Crippen LogP contribution is 2.12. The van der Waals surface area contributed by atoms with Crippen molar-refractivity contribution in [2.24, 2.45) is 0 Å². The number of benzene rings is 2. The van der Waals surface area contributed by atoms with E-state index in [2.05, 4.69) is 15.9 Å². The van der Waals surface area contributed by atoms with Crippen LogP contribution in [0.4, 0.5) is 16.4 Å². The van der Waals surface area contributed by atoms with Gasteiger partial charge in [0.15, 0.2) is 6.04 Å². The molecule has 1 aromatic heterocycles. The molecule has 3 N–H and O–H groups in total. The van der Waals surface area contributed by atoms with Crippen LogP contribution in [-0.4, -0.2) is 22.4 Å². The Hall–Kier alpha value is -3.68. The highest BCUT2D eigenvalue weighted by atomic mass is 16.5. The normalized spacial score (nSPS) is 11.6. The van der Waals surface area contributed by atoms with E-state index in [0.29, 0.717) is 5.69 Å². The summed E-state index contributed by atoms with van der Waals surface area (Å²) in [6.07, 6.45) is 2.39. The Labute approximate surface area is 155 Å². The van der Waals surface area contributed by atoms with E-state index in [9.17, 15) is 9.59 Å². The van der Waals surface area contributed by atoms with Crippen molar-refractivity contribution in [3.63, 3.8) is 0 Å². The lowest BCUT2D eigenvalue weighted by Gasteiger charge is -2.04. The zero-order valence-electron chi connectivity index (χ0n) is 14.6. The van der Waals surface area contributed by atoms with Crippen LogP contribution in [0.5, 0.6) is 0 Å². The van der Waals surface area contributed by atoms with E-state index < -0.39 is 12.0 Å². The van der Waals surface area contributed by atoms with Crippen molar-refractivity contribution in [2.45, 2.75) is 19.4 Å². The topological polar surface area (TPSA) is 108 Å². The van der Waals surface area contributed by atoms with Crippen LogP contribution in [0.15, 0.2) is 65.3 Å². The van der Waals surface area contributed by atoms with E-state index in [4.69, 9.17) is 9.63 Å². The fourth-order valence-corrected chi connectivity index (χ4v) is 2.54. The van der Waals surface area contributed by atoms with Gasteiger partial charge in [0.1, 0.15) is 0 Å². The van der Waals surface area contributed by atoms with Gasteiger partial charge in [-0.1, -0.05) is 30.3 Å². The van der Waals surface area contributed by atoms with Crippen LogP contribution in [-0.2, 0) is 6.42 Å². The molecule has 0 bridgehead atoms. The summed E-state index contributed by atoms with van der Waals surface area (Å²) in [5.41, 5.74) is 1.78. The molecule has 0 fully saturated rings. The van der Waals surface area contributed by atoms with E-state index in [-0.39, 0.29) is 17.5 Å². The molecule has 2 aromatic carbocycles. The quantitative estimate of drug-likeness (QED) is 0.580. The summed E-state index contributed by atoms with van der Waals surface area (Å²) >= 11 is 0. The summed E-state index contributed by atoms with van der Waals surface area (Å²) in [6, 6.07) is 15.4. The Balaban J connectivity index is 1.56. The summed E-state index contributed by atoms with van der Waals surface area (Å²) < 4.78 is 6.79. The number of urea groups is 1. The molecule has 138 valence electrons. The Morgan fingerprint density at radius 1 is 1.11 bits per heavy atom. The molecule has 0 radical (unpaired) electrons. The second kappa shape index (κ2) is 8.13. The zero-order valence-corrected chi connectivity index (χ0v) is 14.6. The van der Waals surface area contributed by atoms with Gasteiger partial charge < -0.3 is 10.4 Å². The number of amides is 2. The summed E-state index contributed by atoms with van der Waals surface area (Å²) in [5, 5.41) is 18.0. The Morgan fingerprint density at radius 3 is 2.48 bits per heavy atom. The van der Waals surface area contributed by atoms with Gasteiger partial charge >= 0.3 is 17.9 Å². The number of carboxylic acid groups (broad SMARTS) is 1. The Morgan fingerprint density at radius 2 is 1.81 bits per heavy atom. The lowest BCUT2D eigenvalue weighted by molar-refractivity contribution is -0.782. The Kier molecular flexibility index (Phi) is 5.46. The van der Waals surface area contributed by atoms with Gasteiger partial charge in [-0.2, -0.15) is 0 Å². The Bertz CT molecular complexity index is 922. The van der Waals surface area contributed by atoms with Crippen LogP contribution in [0.25, 0.3) is 0 Å². The van der Waals surface area contributed by atoms with Gasteiger partial charge in [-0.3, -0.25) is 9.84 Å². The summed E-state index contributed by atoms with van der Waals surface area (Å²) in [4.78, 5) is 22.9. The molecular formula is C19H19N4O4+. The van der Waals surface area contributed by atoms with Crippen LogP contribution in [0.3, 0.4) is 0 Å². The van der Waals surface area contributed by atoms with Crippen molar-refractivity contribution in [1.29, 1.82) is 0 Å². The summed E-state index contributed by atoms with van der Waals surface area (Å²) in [5.74, 6) is -0.823. The van der Waals surface area contributed by atoms with Crippen LogP contribution in [0.2, 0.25) is 0 Å². The predicted octanol–water partition coefficient (Wildman–Crippen LogP) is 3.11. The summed E-state index contributed by atoms with van der Waals surface area (Å²) in [7, 11) is 0. The fourth-order valence-electron chi connectivity index (χ4n) is 2.54. The minimum absolute atomic E-state index is 0.0540. The van der Waals surface area contributed by atoms with E-state index >= 15 is 0 Å². The maximum Gasteiger partial charge on any atom is 0.335 e. The number of carbonyl (C=O) groups excluding carboxylic acids is 1. The first-order valence-corrected chi connectivity index (χ1v) is 8.34. The number of aromatic carboxylic acids is 1. The van der Waals surface area contributed by atoms with Gasteiger partial charge in [0, 0.05) is 19.0 Å². The first kappa shape index (κ1) is 18.1. The number of hydrogen-bond acceptors (Lipinski definition) is 4. The molecule has 2 amide bonds. The van der Waals surface area contributed by atoms with Crippen LogP contribution < -0.4 is 15.3 Å². The van der Waals surface area contributed by atoms with E-state index in [1.165, 1.54) is 29.8 Å². The average molecular weight is 367 g/mol. The van der Waals surface area contributed by atoms with Crippen molar-refractivity contribution in [2.75, 3.05) is 10.6 Å². The van der Waals surface area contributed by atoms with Gasteiger partial charge in [-0.15, -0.1) is 0 Å². The van der Waals surface area contributed by atoms with Gasteiger partial charge in [0.05, 0.1) is 5.56 Å². The molecule has 1 unspecified atom stereocenters. The SMILES string of the molecule is CC(Cc1ccccc1)[n+]1cc(NC(=O)Nc2ccc(C(=O)O)cc2)on1. The lowest BCUT2D eigenvalue weighted by Crippen LogP contribution is -2.40. The van der Waals surface area contributed by atoms with Crippen LogP contribution >= 0.6 is 0 Å². The molecule has 3 rings (SSSR count). The van der Waals surface area contributed by atoms with E-state index in [1.807, 2.05) is 37.3 Å². The second-order valence-electron chi connectivity index (χ2n) is 6.05. The molecule has 8 nitrogen and oxygen atoms in total. The van der Waals surface area contributed by atoms with Gasteiger partial charge in [-0.05, 0) is 34.5 Å². The van der Waals surface area contributed by atoms with Gasteiger partial charge in [0.2, 0.25) is 5.27 Å². The maximum atomic E-state index is 12.0. The third-order valence-corrected chi connectivity index (χ3v) is 3.93. The fraction of sp³-hybridized carbons (Fsp3) is 0.158. The van der Waals surface area contributed by atoms with E-state index in [1.54, 1.807) is 10.9 Å². The molecular weight excluding hydrogens is 348 g/mol. The molecule has 0 aliphatic heterocycles. The minimum atomic E-state index is -1.03. The number of rotatable bonds is 6. The number of nitrogens with zero attached hydrogens (tertiary/aromatic N) is 2. The molecule has 0 spiro atoms. The molecule has 8 heteroatoms. The van der Waals surface area contributed by atoms with E-state index in [0.717, 1.165) is 6.42 Å². The van der Waals surface area contributed by atoms with Crippen LogP contribution in [0.1, 0.15) is 28.9 Å². The third kappa shape index (κ3) is 4.91. The predicted molar refractivity (Wildman–Crippen MR) is 97.6 cm³/mol. The number of anilines is 2. The van der Waals surface area contributed by atoms with Crippen molar-refractivity contribution in [1.82, 2.24) is 5.27 Å². The largest absolute Gasteiger partial charge is 0.478 e. The summed E-state index contributed by atoms with van der Waals surface area (Å²) in [6.45, 7) is 2.00. The molecule has 0 saturated heterocycles. The highest BCUT2D eigenvalue weighted by Gasteiger charge is 2.21. The smallest absolute Gasteiger partial charge is 0.335 e.